The number of thioether (sulfide) groups is 1. The number of nitrogens with one attached hydrogen (secondary N) is 3. The van der Waals surface area contributed by atoms with Crippen molar-refractivity contribution in [3.63, 3.8) is 0 Å². The van der Waals surface area contributed by atoms with E-state index in [1.807, 2.05) is 67.6 Å². The molecule has 2 atom stereocenters. The van der Waals surface area contributed by atoms with Crippen LogP contribution >= 0.6 is 23.1 Å². The minimum absolute atomic E-state index is 0.0308. The third kappa shape index (κ3) is 8.96. The van der Waals surface area contributed by atoms with Crippen LogP contribution in [-0.2, 0) is 28.6 Å². The molecule has 15 heteroatoms. The van der Waals surface area contributed by atoms with Crippen LogP contribution in [-0.4, -0.2) is 76.3 Å². The third-order valence-electron chi connectivity index (χ3n) is 7.58. The highest BCUT2D eigenvalue weighted by Gasteiger charge is 2.55. The van der Waals surface area contributed by atoms with E-state index in [0.29, 0.717) is 17.7 Å². The normalized spacial score (nSPS) is 17.3. The highest BCUT2D eigenvalue weighted by molar-refractivity contribution is 8.00. The highest BCUT2D eigenvalue weighted by Crippen LogP contribution is 2.42. The summed E-state index contributed by atoms with van der Waals surface area (Å²) in [4.78, 5) is 71.5. The minimum atomic E-state index is -0.969. The Labute approximate surface area is 303 Å². The molecule has 3 N–H and O–H groups in total. The number of nitrogens with zero attached hydrogens (tertiary/aromatic N) is 2. The standard InChI is InChI=1S/C36H39N5O8S2/c1-6-13-24(25-20-51-33(38-25)40-35(46)49-36(2,3)4)29(42)39-26-30(43)41-27(23(19-50-31(26)41)18-47-34(45)37-5)32(44)48-28(21-14-9-7-10-15-21)22-16-11-8-12-17-22/h7-17,20,26,28,31H,6,18-19H2,1-5H3,(H,37,45)(H,39,42)(H,38,40,46)/t26-,31+/m1/s1. The Morgan fingerprint density at radius 1 is 1.02 bits per heavy atom. The van der Waals surface area contributed by atoms with Crippen molar-refractivity contribution in [1.29, 1.82) is 0 Å². The molecular weight excluding hydrogens is 695 g/mol. The van der Waals surface area contributed by atoms with E-state index in [1.165, 1.54) is 23.7 Å². The second-order valence-electron chi connectivity index (χ2n) is 12.4. The summed E-state index contributed by atoms with van der Waals surface area (Å²) >= 11 is 2.45. The number of benzene rings is 2. The summed E-state index contributed by atoms with van der Waals surface area (Å²) in [5.41, 5.74) is 1.65. The van der Waals surface area contributed by atoms with Crippen molar-refractivity contribution in [1.82, 2.24) is 20.5 Å². The number of aromatic nitrogens is 1. The lowest BCUT2D eigenvalue weighted by Crippen LogP contribution is -2.70. The van der Waals surface area contributed by atoms with Crippen LogP contribution in [0, 0.1) is 0 Å². The van der Waals surface area contributed by atoms with E-state index >= 15 is 0 Å². The van der Waals surface area contributed by atoms with Crippen molar-refractivity contribution in [2.75, 3.05) is 24.7 Å². The molecule has 0 aliphatic carbocycles. The van der Waals surface area contributed by atoms with Crippen molar-refractivity contribution in [3.05, 3.63) is 100 Å². The van der Waals surface area contributed by atoms with Crippen molar-refractivity contribution in [2.24, 2.45) is 0 Å². The Morgan fingerprint density at radius 3 is 2.25 bits per heavy atom. The van der Waals surface area contributed by atoms with Gasteiger partial charge in [-0.25, -0.2) is 19.4 Å². The molecule has 3 aromatic rings. The number of allylic oxidation sites excluding steroid dienone is 1. The van der Waals surface area contributed by atoms with Gasteiger partial charge < -0.3 is 24.8 Å². The van der Waals surface area contributed by atoms with Crippen molar-refractivity contribution in [3.8, 4) is 0 Å². The van der Waals surface area contributed by atoms with Crippen LogP contribution in [0.4, 0.5) is 14.7 Å². The smallest absolute Gasteiger partial charge is 0.413 e. The van der Waals surface area contributed by atoms with Crippen molar-refractivity contribution >= 4 is 63.8 Å². The minimum Gasteiger partial charge on any atom is -0.448 e. The first-order valence-electron chi connectivity index (χ1n) is 16.2. The van der Waals surface area contributed by atoms with Crippen LogP contribution in [0.1, 0.15) is 57.0 Å². The SMILES string of the molecule is CCC=C(C(=O)N[C@@H]1C(=O)N2C(C(=O)OC(c3ccccc3)c3ccccc3)=C(COC(=O)NC)CS[C@@H]12)c1csc(NC(=O)OC(C)(C)C)n1. The van der Waals surface area contributed by atoms with Crippen LogP contribution in [0.25, 0.3) is 5.57 Å². The Hall–Kier alpha value is -5.15. The first kappa shape index (κ1) is 37.1. The summed E-state index contributed by atoms with van der Waals surface area (Å²) in [7, 11) is 1.42. The largest absolute Gasteiger partial charge is 0.448 e. The molecule has 0 saturated carbocycles. The second kappa shape index (κ2) is 16.2. The van der Waals surface area contributed by atoms with Gasteiger partial charge in [-0.15, -0.1) is 23.1 Å². The zero-order chi connectivity index (χ0) is 36.7. The maximum Gasteiger partial charge on any atom is 0.413 e. The lowest BCUT2D eigenvalue weighted by molar-refractivity contribution is -0.154. The zero-order valence-electron chi connectivity index (χ0n) is 28.8. The summed E-state index contributed by atoms with van der Waals surface area (Å²) in [6, 6.07) is 17.5. The zero-order valence-corrected chi connectivity index (χ0v) is 30.4. The molecule has 0 bridgehead atoms. The molecule has 13 nitrogen and oxygen atoms in total. The number of rotatable bonds is 11. The van der Waals surface area contributed by atoms with Crippen LogP contribution in [0.15, 0.2) is 83.4 Å². The Morgan fingerprint density at radius 2 is 1.67 bits per heavy atom. The Bertz CT molecular complexity index is 1800. The fourth-order valence-electron chi connectivity index (χ4n) is 5.34. The quantitative estimate of drug-likeness (QED) is 0.0974. The number of esters is 1. The predicted molar refractivity (Wildman–Crippen MR) is 194 cm³/mol. The monoisotopic (exact) mass is 733 g/mol. The number of β-lactam (4-membered cyclic amide) rings is 1. The number of thiazole rings is 1. The number of ether oxygens (including phenoxy) is 3. The van der Waals surface area contributed by atoms with E-state index in [-0.39, 0.29) is 28.8 Å². The summed E-state index contributed by atoms with van der Waals surface area (Å²) < 4.78 is 16.7. The maximum atomic E-state index is 14.1. The lowest BCUT2D eigenvalue weighted by atomic mass is 10.0. The summed E-state index contributed by atoms with van der Waals surface area (Å²) in [5, 5.41) is 9.01. The number of amides is 4. The van der Waals surface area contributed by atoms with Gasteiger partial charge in [0.25, 0.3) is 11.8 Å². The van der Waals surface area contributed by atoms with E-state index in [2.05, 4.69) is 20.9 Å². The van der Waals surface area contributed by atoms with E-state index < -0.39 is 53.1 Å². The van der Waals surface area contributed by atoms with Gasteiger partial charge in [0.15, 0.2) is 11.2 Å². The Kier molecular flexibility index (Phi) is 11.8. The topological polar surface area (TPSA) is 165 Å². The van der Waals surface area contributed by atoms with E-state index in [0.717, 1.165) is 22.5 Å². The van der Waals surface area contributed by atoms with E-state index in [1.54, 1.807) is 32.2 Å². The first-order chi connectivity index (χ1) is 24.4. The summed E-state index contributed by atoms with van der Waals surface area (Å²) in [6.07, 6.45) is 0.0132. The number of hydrogen-bond donors (Lipinski definition) is 3. The Balaban J connectivity index is 1.36. The molecule has 5 rings (SSSR count). The van der Waals surface area contributed by atoms with E-state index in [9.17, 15) is 24.0 Å². The predicted octanol–water partition coefficient (Wildman–Crippen LogP) is 5.63. The van der Waals surface area contributed by atoms with Gasteiger partial charge in [-0.2, -0.15) is 0 Å². The van der Waals surface area contributed by atoms with Gasteiger partial charge in [-0.1, -0.05) is 73.7 Å². The molecule has 3 heterocycles. The molecule has 2 aliphatic rings. The molecular formula is C36H39N5O8S2. The molecule has 0 spiro atoms. The molecule has 2 aliphatic heterocycles. The number of hydrogen-bond acceptors (Lipinski definition) is 11. The number of fused-ring (bicyclic) bond motifs is 1. The molecule has 4 amide bonds. The molecule has 51 heavy (non-hydrogen) atoms. The highest BCUT2D eigenvalue weighted by atomic mass is 32.2. The van der Waals surface area contributed by atoms with Crippen LogP contribution in [0.3, 0.4) is 0 Å². The third-order valence-corrected chi connectivity index (χ3v) is 9.68. The number of anilines is 1. The molecule has 0 unspecified atom stereocenters. The molecule has 1 saturated heterocycles. The van der Waals surface area contributed by atoms with Crippen LogP contribution < -0.4 is 16.0 Å². The van der Waals surface area contributed by atoms with Gasteiger partial charge in [0, 0.05) is 23.8 Å². The van der Waals surface area contributed by atoms with E-state index in [4.69, 9.17) is 14.2 Å². The van der Waals surface area contributed by atoms with Crippen molar-refractivity contribution in [2.45, 2.75) is 57.2 Å². The second-order valence-corrected chi connectivity index (χ2v) is 14.4. The summed E-state index contributed by atoms with van der Waals surface area (Å²) in [5.74, 6) is -1.61. The average molecular weight is 734 g/mol. The van der Waals surface area contributed by atoms with Crippen LogP contribution in [0.2, 0.25) is 0 Å². The number of carbonyl (C=O) groups is 5. The lowest BCUT2D eigenvalue weighted by Gasteiger charge is -2.49. The average Bonchev–Trinajstić information content (AvgIpc) is 3.57. The fraction of sp³-hybridized carbons (Fsp3) is 0.333. The fourth-order valence-corrected chi connectivity index (χ4v) is 7.36. The first-order valence-corrected chi connectivity index (χ1v) is 18.1. The van der Waals surface area contributed by atoms with Gasteiger partial charge in [0.1, 0.15) is 29.3 Å². The molecule has 1 aromatic heterocycles. The molecule has 268 valence electrons. The van der Waals surface area contributed by atoms with Gasteiger partial charge in [0.05, 0.1) is 11.3 Å². The summed E-state index contributed by atoms with van der Waals surface area (Å²) in [6.45, 7) is 6.84. The maximum absolute atomic E-state index is 14.1. The molecule has 1 fully saturated rings. The van der Waals surface area contributed by atoms with Gasteiger partial charge >= 0.3 is 18.2 Å². The van der Waals surface area contributed by atoms with Gasteiger partial charge in [-0.3, -0.25) is 19.8 Å². The van der Waals surface area contributed by atoms with Gasteiger partial charge in [0.2, 0.25) is 0 Å². The molecule has 2 aromatic carbocycles. The van der Waals surface area contributed by atoms with Gasteiger partial charge in [-0.05, 0) is 38.3 Å². The van der Waals surface area contributed by atoms with Crippen molar-refractivity contribution < 1.29 is 38.2 Å². The number of carbonyl (C=O) groups excluding carboxylic acids is 5. The molecule has 0 radical (unpaired) electrons. The number of alkyl carbamates (subject to hydrolysis) is 1. The van der Waals surface area contributed by atoms with Crippen LogP contribution in [0.5, 0.6) is 0 Å².